The second kappa shape index (κ2) is 5.45. The van der Waals surface area contributed by atoms with Crippen molar-refractivity contribution in [3.63, 3.8) is 0 Å². The van der Waals surface area contributed by atoms with Crippen molar-refractivity contribution in [2.45, 2.75) is 37.6 Å². The predicted octanol–water partition coefficient (Wildman–Crippen LogP) is 3.47. The Morgan fingerprint density at radius 2 is 2.08 bits per heavy atom. The smallest absolute Gasteiger partial charge is 0.254 e. The number of rotatable bonds is 1. The molecule has 5 rings (SSSR count). The maximum Gasteiger partial charge on any atom is 0.254 e. The molecule has 2 aromatic rings. The zero-order valence-corrected chi connectivity index (χ0v) is 14.1. The van der Waals surface area contributed by atoms with Crippen LogP contribution in [0.15, 0.2) is 41.4 Å². The fraction of sp³-hybridized carbons (Fsp3) is 0.333. The number of benzene rings is 2. The summed E-state index contributed by atoms with van der Waals surface area (Å²) in [5, 5.41) is 0. The number of carbonyl (C=O) groups excluding carboxylic acids is 1. The average Bonchev–Trinajstić information content (AvgIpc) is 3.23. The van der Waals surface area contributed by atoms with Gasteiger partial charge in [0, 0.05) is 42.4 Å². The second-order valence-corrected chi connectivity index (χ2v) is 7.34. The SMILES string of the molecule is Nc1ccc2c(c1)C[C@H]1[C@@H]2CCCN1C(=O)c1ccc2c(c1)N=CC2. The number of likely N-dealkylation sites (tertiary alicyclic amines) is 1. The topological polar surface area (TPSA) is 58.7 Å². The zero-order valence-electron chi connectivity index (χ0n) is 14.1. The van der Waals surface area contributed by atoms with Gasteiger partial charge in [0.1, 0.15) is 0 Å². The van der Waals surface area contributed by atoms with Gasteiger partial charge >= 0.3 is 0 Å². The van der Waals surface area contributed by atoms with E-state index < -0.39 is 0 Å². The largest absolute Gasteiger partial charge is 0.399 e. The molecule has 1 amide bonds. The number of anilines is 1. The third kappa shape index (κ3) is 2.28. The molecule has 4 heteroatoms. The number of nitrogen functional groups attached to an aromatic ring is 1. The molecule has 25 heavy (non-hydrogen) atoms. The highest BCUT2D eigenvalue weighted by Crippen LogP contribution is 2.43. The van der Waals surface area contributed by atoms with Gasteiger partial charge < -0.3 is 10.6 Å². The van der Waals surface area contributed by atoms with Crippen molar-refractivity contribution >= 4 is 23.5 Å². The van der Waals surface area contributed by atoms with Crippen LogP contribution in [0.25, 0.3) is 0 Å². The minimum absolute atomic E-state index is 0.139. The molecule has 0 unspecified atom stereocenters. The van der Waals surface area contributed by atoms with Crippen molar-refractivity contribution in [3.05, 3.63) is 58.7 Å². The first-order valence-corrected chi connectivity index (χ1v) is 9.05. The Balaban J connectivity index is 1.46. The highest BCUT2D eigenvalue weighted by Gasteiger charge is 2.40. The summed E-state index contributed by atoms with van der Waals surface area (Å²) in [7, 11) is 0. The Hall–Kier alpha value is -2.62. The molecule has 0 aromatic heterocycles. The van der Waals surface area contributed by atoms with Gasteiger partial charge in [0.25, 0.3) is 5.91 Å². The van der Waals surface area contributed by atoms with E-state index in [-0.39, 0.29) is 11.9 Å². The monoisotopic (exact) mass is 331 g/mol. The molecule has 4 nitrogen and oxygen atoms in total. The molecule has 2 atom stereocenters. The van der Waals surface area contributed by atoms with E-state index in [1.165, 1.54) is 16.7 Å². The van der Waals surface area contributed by atoms with Crippen molar-refractivity contribution in [1.82, 2.24) is 4.90 Å². The molecule has 126 valence electrons. The number of carbonyl (C=O) groups is 1. The van der Waals surface area contributed by atoms with Gasteiger partial charge in [-0.05, 0) is 60.2 Å². The highest BCUT2D eigenvalue weighted by molar-refractivity contribution is 5.96. The second-order valence-electron chi connectivity index (χ2n) is 7.34. The standard InChI is InChI=1S/C21H21N3O/c22-16-5-6-17-15(10-16)12-20-18(17)2-1-9-24(20)21(25)14-4-3-13-7-8-23-19(13)11-14/h3-6,8,10-11,18,20H,1-2,7,9,12,22H2/t18-,20+/m1/s1. The predicted molar refractivity (Wildman–Crippen MR) is 99.7 cm³/mol. The van der Waals surface area contributed by atoms with Gasteiger partial charge in [0.15, 0.2) is 0 Å². The van der Waals surface area contributed by atoms with Crippen molar-refractivity contribution < 1.29 is 4.79 Å². The molecule has 1 fully saturated rings. The maximum atomic E-state index is 13.2. The summed E-state index contributed by atoms with van der Waals surface area (Å²) in [6, 6.07) is 12.4. The fourth-order valence-corrected chi connectivity index (χ4v) is 4.71. The summed E-state index contributed by atoms with van der Waals surface area (Å²) in [6.07, 6.45) is 5.91. The number of nitrogens with zero attached hydrogens (tertiary/aromatic N) is 2. The fourth-order valence-electron chi connectivity index (χ4n) is 4.71. The van der Waals surface area contributed by atoms with Crippen LogP contribution in [0.2, 0.25) is 0 Å². The molecule has 0 spiro atoms. The van der Waals surface area contributed by atoms with Gasteiger partial charge in [-0.2, -0.15) is 0 Å². The summed E-state index contributed by atoms with van der Waals surface area (Å²) in [6.45, 7) is 0.837. The number of aliphatic imine (C=N–C) groups is 1. The highest BCUT2D eigenvalue weighted by atomic mass is 16.2. The molecule has 2 aromatic carbocycles. The van der Waals surface area contributed by atoms with E-state index in [4.69, 9.17) is 5.73 Å². The first-order valence-electron chi connectivity index (χ1n) is 9.05. The molecular formula is C21H21N3O. The lowest BCUT2D eigenvalue weighted by Crippen LogP contribution is -2.46. The molecular weight excluding hydrogens is 310 g/mol. The van der Waals surface area contributed by atoms with E-state index in [0.29, 0.717) is 5.92 Å². The van der Waals surface area contributed by atoms with Gasteiger partial charge in [-0.25, -0.2) is 0 Å². The summed E-state index contributed by atoms with van der Waals surface area (Å²) in [5.74, 6) is 0.584. The lowest BCUT2D eigenvalue weighted by Gasteiger charge is -2.38. The Kier molecular flexibility index (Phi) is 3.20. The van der Waals surface area contributed by atoms with Crippen LogP contribution < -0.4 is 5.73 Å². The Morgan fingerprint density at radius 1 is 1.16 bits per heavy atom. The third-order valence-electron chi connectivity index (χ3n) is 5.91. The maximum absolute atomic E-state index is 13.2. The number of nitrogens with two attached hydrogens (primary N) is 1. The van der Waals surface area contributed by atoms with Gasteiger partial charge in [-0.3, -0.25) is 9.79 Å². The molecule has 0 bridgehead atoms. The third-order valence-corrected chi connectivity index (χ3v) is 5.91. The van der Waals surface area contributed by atoms with Crippen LogP contribution in [0.5, 0.6) is 0 Å². The number of fused-ring (bicyclic) bond motifs is 4. The van der Waals surface area contributed by atoms with Crippen LogP contribution >= 0.6 is 0 Å². The number of amides is 1. The van der Waals surface area contributed by atoms with Crippen LogP contribution in [0.1, 0.15) is 45.8 Å². The van der Waals surface area contributed by atoms with E-state index >= 15 is 0 Å². The summed E-state index contributed by atoms with van der Waals surface area (Å²) in [4.78, 5) is 19.7. The van der Waals surface area contributed by atoms with Crippen LogP contribution in [0.3, 0.4) is 0 Å². The molecule has 3 aliphatic rings. The minimum atomic E-state index is 0.139. The normalized spacial score (nSPS) is 23.3. The van der Waals surface area contributed by atoms with E-state index in [1.807, 2.05) is 30.5 Å². The molecule has 2 heterocycles. The molecule has 1 aliphatic carbocycles. The summed E-state index contributed by atoms with van der Waals surface area (Å²) < 4.78 is 0. The number of hydrogen-bond donors (Lipinski definition) is 1. The van der Waals surface area contributed by atoms with Gasteiger partial charge in [-0.15, -0.1) is 0 Å². The van der Waals surface area contributed by atoms with Gasteiger partial charge in [0.05, 0.1) is 5.69 Å². The van der Waals surface area contributed by atoms with E-state index in [9.17, 15) is 4.79 Å². The number of hydrogen-bond acceptors (Lipinski definition) is 3. The molecule has 2 N–H and O–H groups in total. The van der Waals surface area contributed by atoms with E-state index in [1.54, 1.807) is 0 Å². The molecule has 0 radical (unpaired) electrons. The minimum Gasteiger partial charge on any atom is -0.399 e. The van der Waals surface area contributed by atoms with Crippen molar-refractivity contribution in [3.8, 4) is 0 Å². The van der Waals surface area contributed by atoms with Crippen LogP contribution in [-0.4, -0.2) is 29.6 Å². The molecule has 2 aliphatic heterocycles. The quantitative estimate of drug-likeness (QED) is 0.814. The van der Waals surface area contributed by atoms with Crippen molar-refractivity contribution in [1.29, 1.82) is 0 Å². The summed E-state index contributed by atoms with van der Waals surface area (Å²) in [5.41, 5.74) is 12.4. The first kappa shape index (κ1) is 14.7. The van der Waals surface area contributed by atoms with Crippen molar-refractivity contribution in [2.75, 3.05) is 12.3 Å². The van der Waals surface area contributed by atoms with E-state index in [2.05, 4.69) is 22.0 Å². The Morgan fingerprint density at radius 3 is 3.00 bits per heavy atom. The number of piperidine rings is 1. The summed E-state index contributed by atoms with van der Waals surface area (Å²) >= 11 is 0. The van der Waals surface area contributed by atoms with Gasteiger partial charge in [0.2, 0.25) is 0 Å². The molecule has 0 saturated carbocycles. The van der Waals surface area contributed by atoms with E-state index in [0.717, 1.165) is 49.2 Å². The van der Waals surface area contributed by atoms with Crippen LogP contribution in [0, 0.1) is 0 Å². The Labute approximate surface area is 147 Å². The lowest BCUT2D eigenvalue weighted by molar-refractivity contribution is 0.0595. The average molecular weight is 331 g/mol. The van der Waals surface area contributed by atoms with Gasteiger partial charge in [-0.1, -0.05) is 12.1 Å². The van der Waals surface area contributed by atoms with Crippen molar-refractivity contribution in [2.24, 2.45) is 4.99 Å². The zero-order chi connectivity index (χ0) is 17.0. The molecule has 1 saturated heterocycles. The van der Waals surface area contributed by atoms with Crippen LogP contribution in [0.4, 0.5) is 11.4 Å². The van der Waals surface area contributed by atoms with Crippen LogP contribution in [-0.2, 0) is 12.8 Å². The Bertz CT molecular complexity index is 902. The lowest BCUT2D eigenvalue weighted by atomic mass is 9.88. The first-order chi connectivity index (χ1) is 12.2.